The molecule has 2 aromatic carbocycles. The van der Waals surface area contributed by atoms with Crippen LogP contribution in [0.25, 0.3) is 22.0 Å². The Morgan fingerprint density at radius 2 is 1.83 bits per heavy atom. The van der Waals surface area contributed by atoms with E-state index in [0.29, 0.717) is 30.1 Å². The molecule has 12 heteroatoms. The molecule has 4 aromatic rings. The number of nitrogens with two attached hydrogens (primary N) is 1. The molecule has 4 N–H and O–H groups in total. The third-order valence-electron chi connectivity index (χ3n) is 5.68. The molecule has 2 amide bonds. The lowest BCUT2D eigenvalue weighted by Gasteiger charge is -2.27. The first-order valence-corrected chi connectivity index (χ1v) is 12.5. The number of piperazine rings is 1. The molecule has 11 nitrogen and oxygen atoms in total. The van der Waals surface area contributed by atoms with Crippen LogP contribution < -0.4 is 20.7 Å². The number of para-hydroxylation sites is 1. The highest BCUT2D eigenvalue weighted by Gasteiger charge is 2.18. The molecule has 5 rings (SSSR count). The average Bonchev–Trinajstić information content (AvgIpc) is 2.88. The Morgan fingerprint density at radius 1 is 1.03 bits per heavy atom. The maximum absolute atomic E-state index is 12.8. The molecular weight excluding hydrogens is 482 g/mol. The summed E-state index contributed by atoms with van der Waals surface area (Å²) >= 11 is 0. The van der Waals surface area contributed by atoms with E-state index < -0.39 is 15.9 Å². The predicted molar refractivity (Wildman–Crippen MR) is 134 cm³/mol. The Bertz CT molecular complexity index is 1570. The number of pyridine rings is 1. The zero-order valence-corrected chi connectivity index (χ0v) is 19.7. The van der Waals surface area contributed by atoms with Crippen molar-refractivity contribution in [2.45, 2.75) is 4.90 Å². The molecule has 1 fully saturated rings. The van der Waals surface area contributed by atoms with Gasteiger partial charge in [0.15, 0.2) is 0 Å². The Balaban J connectivity index is 1.41. The largest absolute Gasteiger partial charge is 0.353 e. The third-order valence-corrected chi connectivity index (χ3v) is 6.61. The second-order valence-corrected chi connectivity index (χ2v) is 9.70. The molecule has 0 spiro atoms. The number of benzene rings is 2. The van der Waals surface area contributed by atoms with E-state index >= 15 is 0 Å². The van der Waals surface area contributed by atoms with Crippen LogP contribution in [0.5, 0.6) is 0 Å². The van der Waals surface area contributed by atoms with Crippen LogP contribution in [0.2, 0.25) is 0 Å². The van der Waals surface area contributed by atoms with Crippen LogP contribution in [-0.2, 0) is 14.8 Å². The van der Waals surface area contributed by atoms with Crippen LogP contribution in [0.15, 0.2) is 71.9 Å². The second-order valence-electron chi connectivity index (χ2n) is 8.14. The summed E-state index contributed by atoms with van der Waals surface area (Å²) in [5, 5.41) is 11.3. The van der Waals surface area contributed by atoms with Crippen LogP contribution in [0.4, 0.5) is 11.5 Å². The van der Waals surface area contributed by atoms with Gasteiger partial charge in [-0.05, 0) is 36.4 Å². The number of hydrogen-bond acceptors (Lipinski definition) is 8. The summed E-state index contributed by atoms with van der Waals surface area (Å²) in [5.74, 6) is 0.0716. The number of primary sulfonamides is 1. The zero-order chi connectivity index (χ0) is 25.3. The number of rotatable bonds is 5. The Labute approximate surface area is 206 Å². The van der Waals surface area contributed by atoms with Gasteiger partial charge in [-0.2, -0.15) is 0 Å². The summed E-state index contributed by atoms with van der Waals surface area (Å²) in [6, 6.07) is 14.8. The Morgan fingerprint density at radius 3 is 2.53 bits per heavy atom. The van der Waals surface area contributed by atoms with Crippen LogP contribution in [-0.4, -0.2) is 54.8 Å². The van der Waals surface area contributed by atoms with Crippen molar-refractivity contribution in [1.82, 2.24) is 20.3 Å². The van der Waals surface area contributed by atoms with Crippen LogP contribution in [0.1, 0.15) is 10.6 Å². The molecule has 0 unspecified atom stereocenters. The lowest BCUT2D eigenvalue weighted by atomic mass is 10.0. The van der Waals surface area contributed by atoms with Gasteiger partial charge in [0.05, 0.1) is 17.0 Å². The molecule has 2 aromatic heterocycles. The van der Waals surface area contributed by atoms with Gasteiger partial charge in [0.2, 0.25) is 21.8 Å². The molecule has 182 valence electrons. The highest BCUT2D eigenvalue weighted by molar-refractivity contribution is 7.89. The van der Waals surface area contributed by atoms with E-state index in [1.807, 2.05) is 35.2 Å². The Hall–Kier alpha value is -4.42. The van der Waals surface area contributed by atoms with E-state index in [4.69, 9.17) is 5.14 Å². The fourth-order valence-corrected chi connectivity index (χ4v) is 4.40. The number of nitrogens with zero attached hydrogens (tertiary/aromatic N) is 4. The van der Waals surface area contributed by atoms with E-state index in [2.05, 4.69) is 25.6 Å². The summed E-state index contributed by atoms with van der Waals surface area (Å²) in [6.07, 6.45) is 3.28. The number of hydrogen-bond donors (Lipinski definition) is 3. The first-order valence-electron chi connectivity index (χ1n) is 11.0. The number of carbonyl (C=O) groups excluding carboxylic acids is 2. The van der Waals surface area contributed by atoms with Crippen LogP contribution in [0.3, 0.4) is 0 Å². The number of nitrogens with one attached hydrogen (secondary N) is 2. The van der Waals surface area contributed by atoms with E-state index in [1.54, 1.807) is 12.4 Å². The predicted octanol–water partition coefficient (Wildman–Crippen LogP) is 1.53. The summed E-state index contributed by atoms with van der Waals surface area (Å²) in [4.78, 5) is 39.5. The highest BCUT2D eigenvalue weighted by atomic mass is 32.2. The van der Waals surface area contributed by atoms with Gasteiger partial charge in [-0.1, -0.05) is 18.2 Å². The number of aromatic nitrogens is 3. The lowest BCUT2D eigenvalue weighted by Crippen LogP contribution is -2.48. The number of sulfonamides is 1. The monoisotopic (exact) mass is 503 g/mol. The van der Waals surface area contributed by atoms with Gasteiger partial charge in [0.1, 0.15) is 5.82 Å². The van der Waals surface area contributed by atoms with Crippen molar-refractivity contribution in [3.63, 3.8) is 0 Å². The number of carbonyl (C=O) groups is 2. The summed E-state index contributed by atoms with van der Waals surface area (Å²) in [5.41, 5.74) is 2.52. The molecule has 1 aliphatic heterocycles. The number of fused-ring (bicyclic) bond motifs is 1. The van der Waals surface area contributed by atoms with Crippen LogP contribution >= 0.6 is 0 Å². The fourth-order valence-electron chi connectivity index (χ4n) is 3.88. The summed E-state index contributed by atoms with van der Waals surface area (Å²) in [6.45, 7) is 1.52. The van der Waals surface area contributed by atoms with E-state index in [0.717, 1.165) is 16.5 Å². The van der Waals surface area contributed by atoms with Gasteiger partial charge in [0, 0.05) is 47.7 Å². The standard InChI is InChI=1S/C24H21N7O4S/c25-36(34,35)18-7-5-17(6-8-18)29-24(33)23-28-13-16-2-1-3-19(22(16)30-23)15-4-9-20(27-12-15)31-11-10-26-21(32)14-31/h1-9,12-13H,10-11,14H2,(H,26,32)(H,29,33)(H2,25,34,35). The zero-order valence-electron chi connectivity index (χ0n) is 18.9. The summed E-state index contributed by atoms with van der Waals surface area (Å²) in [7, 11) is -3.83. The summed E-state index contributed by atoms with van der Waals surface area (Å²) < 4.78 is 22.8. The minimum absolute atomic E-state index is 0.0379. The maximum Gasteiger partial charge on any atom is 0.293 e. The molecule has 0 bridgehead atoms. The molecule has 1 saturated heterocycles. The van der Waals surface area contributed by atoms with Crippen molar-refractivity contribution in [2.24, 2.45) is 5.14 Å². The van der Waals surface area contributed by atoms with Gasteiger partial charge in [-0.15, -0.1) is 0 Å². The minimum atomic E-state index is -3.83. The molecular formula is C24H21N7O4S. The first kappa shape index (κ1) is 23.3. The molecule has 1 aliphatic rings. The maximum atomic E-state index is 12.8. The Kier molecular flexibility index (Phi) is 6.04. The van der Waals surface area contributed by atoms with Gasteiger partial charge in [-0.25, -0.2) is 28.5 Å². The lowest BCUT2D eigenvalue weighted by molar-refractivity contribution is -0.120. The van der Waals surface area contributed by atoms with Crippen molar-refractivity contribution in [1.29, 1.82) is 0 Å². The van der Waals surface area contributed by atoms with Gasteiger partial charge in [0.25, 0.3) is 5.91 Å². The van der Waals surface area contributed by atoms with Crippen molar-refractivity contribution >= 4 is 44.2 Å². The van der Waals surface area contributed by atoms with Gasteiger partial charge < -0.3 is 15.5 Å². The molecule has 3 heterocycles. The van der Waals surface area contributed by atoms with Crippen molar-refractivity contribution in [3.05, 3.63) is 72.8 Å². The van der Waals surface area contributed by atoms with E-state index in [-0.39, 0.29) is 23.2 Å². The molecule has 36 heavy (non-hydrogen) atoms. The minimum Gasteiger partial charge on any atom is -0.353 e. The first-order chi connectivity index (χ1) is 17.3. The molecule has 0 aliphatic carbocycles. The smallest absolute Gasteiger partial charge is 0.293 e. The quantitative estimate of drug-likeness (QED) is 0.370. The SMILES string of the molecule is NS(=O)(=O)c1ccc(NC(=O)c2ncc3cccc(-c4ccc(N5CCNC(=O)C5)nc4)c3n2)cc1. The molecule has 0 atom stereocenters. The fraction of sp³-hybridized carbons (Fsp3) is 0.125. The van der Waals surface area contributed by atoms with Gasteiger partial charge >= 0.3 is 0 Å². The highest BCUT2D eigenvalue weighted by Crippen LogP contribution is 2.28. The van der Waals surface area contributed by atoms with Crippen molar-refractivity contribution in [2.75, 3.05) is 29.9 Å². The molecule has 0 saturated carbocycles. The normalized spacial score (nSPS) is 13.9. The second kappa shape index (κ2) is 9.32. The van der Waals surface area contributed by atoms with Crippen molar-refractivity contribution in [3.8, 4) is 11.1 Å². The third kappa shape index (κ3) is 4.85. The number of amides is 2. The van der Waals surface area contributed by atoms with E-state index in [1.165, 1.54) is 24.3 Å². The molecule has 0 radical (unpaired) electrons. The topological polar surface area (TPSA) is 160 Å². The van der Waals surface area contributed by atoms with Crippen molar-refractivity contribution < 1.29 is 18.0 Å². The van der Waals surface area contributed by atoms with Crippen LogP contribution in [0, 0.1) is 0 Å². The van der Waals surface area contributed by atoms with Gasteiger partial charge in [-0.3, -0.25) is 9.59 Å². The number of anilines is 2. The van der Waals surface area contributed by atoms with E-state index in [9.17, 15) is 18.0 Å². The average molecular weight is 504 g/mol.